The Hall–Kier alpha value is -2.44. The van der Waals surface area contributed by atoms with E-state index >= 15 is 0 Å². The molecule has 0 aromatic heterocycles. The lowest BCUT2D eigenvalue weighted by molar-refractivity contribution is 0.0474. The maximum atomic E-state index is 14.7. The molecule has 6 heteroatoms. The van der Waals surface area contributed by atoms with E-state index in [2.05, 4.69) is 4.90 Å². The number of rotatable bonds is 9. The van der Waals surface area contributed by atoms with E-state index in [9.17, 15) is 14.3 Å². The van der Waals surface area contributed by atoms with Crippen LogP contribution >= 0.6 is 0 Å². The molecule has 4 rings (SSSR count). The molecule has 0 saturated carbocycles. The van der Waals surface area contributed by atoms with Crippen LogP contribution < -0.4 is 4.74 Å². The van der Waals surface area contributed by atoms with Gasteiger partial charge in [-0.2, -0.15) is 0 Å². The van der Waals surface area contributed by atoms with Crippen molar-refractivity contribution >= 4 is 5.91 Å². The Labute approximate surface area is 215 Å². The zero-order valence-electron chi connectivity index (χ0n) is 21.8. The van der Waals surface area contributed by atoms with Crippen LogP contribution in [-0.2, 0) is 0 Å². The number of hydrogen-bond acceptors (Lipinski definition) is 4. The van der Waals surface area contributed by atoms with Gasteiger partial charge in [-0.15, -0.1) is 0 Å². The third kappa shape index (κ3) is 6.86. The molecule has 2 aromatic carbocycles. The molecule has 0 spiro atoms. The number of aliphatic hydroxyl groups excluding tert-OH is 1. The van der Waals surface area contributed by atoms with E-state index in [0.717, 1.165) is 55.6 Å². The molecule has 5 nitrogen and oxygen atoms in total. The first-order valence-corrected chi connectivity index (χ1v) is 13.6. The first-order chi connectivity index (χ1) is 17.4. The molecule has 0 bridgehead atoms. The van der Waals surface area contributed by atoms with Crippen molar-refractivity contribution in [2.75, 3.05) is 39.3 Å². The lowest BCUT2D eigenvalue weighted by Crippen LogP contribution is -2.44. The van der Waals surface area contributed by atoms with Gasteiger partial charge in [-0.3, -0.25) is 4.79 Å². The molecule has 1 atom stereocenters. The fourth-order valence-electron chi connectivity index (χ4n) is 5.27. The normalized spacial score (nSPS) is 19.9. The number of likely N-dealkylation sites (tertiary alicyclic amines) is 2. The minimum atomic E-state index is -1.06. The maximum Gasteiger partial charge on any atom is 0.253 e. The molecule has 2 aliphatic rings. The summed E-state index contributed by atoms with van der Waals surface area (Å²) in [4.78, 5) is 16.7. The van der Waals surface area contributed by atoms with E-state index in [1.807, 2.05) is 62.4 Å². The molecule has 1 N–H and O–H groups in total. The first kappa shape index (κ1) is 26.6. The maximum absolute atomic E-state index is 14.7. The smallest absolute Gasteiger partial charge is 0.253 e. The van der Waals surface area contributed by atoms with E-state index in [1.165, 1.54) is 0 Å². The average Bonchev–Trinajstić information content (AvgIpc) is 2.92. The number of piperidine rings is 2. The Balaban J connectivity index is 1.24. The highest BCUT2D eigenvalue weighted by Gasteiger charge is 2.30. The number of nitrogens with zero attached hydrogens (tertiary/aromatic N) is 2. The Bertz CT molecular complexity index is 967. The third-order valence-electron chi connectivity index (χ3n) is 7.97. The van der Waals surface area contributed by atoms with Crippen LogP contribution in [0.4, 0.5) is 4.39 Å². The number of alkyl halides is 1. The number of hydrogen-bond donors (Lipinski definition) is 1. The van der Waals surface area contributed by atoms with Gasteiger partial charge in [0, 0.05) is 25.2 Å². The highest BCUT2D eigenvalue weighted by Crippen LogP contribution is 2.27. The minimum Gasteiger partial charge on any atom is -0.493 e. The summed E-state index contributed by atoms with van der Waals surface area (Å²) in [5.74, 6) is 1.34. The molecule has 0 aliphatic carbocycles. The second kappa shape index (κ2) is 12.2. The van der Waals surface area contributed by atoms with Crippen molar-refractivity contribution in [3.05, 3.63) is 54.1 Å². The van der Waals surface area contributed by atoms with Crippen LogP contribution in [0.25, 0.3) is 11.1 Å². The van der Waals surface area contributed by atoms with Crippen molar-refractivity contribution in [3.8, 4) is 16.9 Å². The number of ether oxygens (including phenoxy) is 1. The van der Waals surface area contributed by atoms with Gasteiger partial charge in [0.2, 0.25) is 0 Å². The summed E-state index contributed by atoms with van der Waals surface area (Å²) in [5.41, 5.74) is 1.72. The van der Waals surface area contributed by atoms with Crippen molar-refractivity contribution in [2.45, 2.75) is 64.1 Å². The van der Waals surface area contributed by atoms with Crippen molar-refractivity contribution < 1.29 is 19.0 Å². The molecule has 2 heterocycles. The van der Waals surface area contributed by atoms with E-state index in [1.54, 1.807) is 4.90 Å². The summed E-state index contributed by atoms with van der Waals surface area (Å²) < 4.78 is 20.8. The fourth-order valence-corrected chi connectivity index (χ4v) is 5.27. The van der Waals surface area contributed by atoms with Gasteiger partial charge in [0.05, 0.1) is 12.7 Å². The van der Waals surface area contributed by atoms with Crippen molar-refractivity contribution in [1.29, 1.82) is 0 Å². The predicted octanol–water partition coefficient (Wildman–Crippen LogP) is 5.57. The van der Waals surface area contributed by atoms with E-state index in [0.29, 0.717) is 50.6 Å². The fraction of sp³-hybridized carbons (Fsp3) is 0.567. The predicted molar refractivity (Wildman–Crippen MR) is 142 cm³/mol. The summed E-state index contributed by atoms with van der Waals surface area (Å²) in [5, 5.41) is 9.85. The second-order valence-corrected chi connectivity index (χ2v) is 10.5. The molecule has 196 valence electrons. The van der Waals surface area contributed by atoms with Crippen LogP contribution in [0.1, 0.15) is 62.7 Å². The van der Waals surface area contributed by atoms with Crippen LogP contribution in [0.5, 0.6) is 5.75 Å². The number of halogens is 1. The van der Waals surface area contributed by atoms with E-state index in [4.69, 9.17) is 4.74 Å². The summed E-state index contributed by atoms with van der Waals surface area (Å²) in [6.45, 7) is 8.11. The van der Waals surface area contributed by atoms with Gasteiger partial charge in [0.25, 0.3) is 5.91 Å². The Morgan fingerprint density at radius 3 is 2.17 bits per heavy atom. The zero-order chi connectivity index (χ0) is 25.5. The number of benzene rings is 2. The van der Waals surface area contributed by atoms with Gasteiger partial charge in [-0.05, 0) is 92.9 Å². The van der Waals surface area contributed by atoms with Crippen molar-refractivity contribution in [2.24, 2.45) is 5.92 Å². The number of aliphatic hydroxyl groups is 1. The van der Waals surface area contributed by atoms with Crippen LogP contribution in [0, 0.1) is 5.92 Å². The summed E-state index contributed by atoms with van der Waals surface area (Å²) >= 11 is 0. The van der Waals surface area contributed by atoms with Crippen molar-refractivity contribution in [3.63, 3.8) is 0 Å². The van der Waals surface area contributed by atoms with Crippen LogP contribution in [0.3, 0.4) is 0 Å². The molecule has 0 unspecified atom stereocenters. The summed E-state index contributed by atoms with van der Waals surface area (Å²) in [7, 11) is 0. The molecule has 0 radical (unpaired) electrons. The zero-order valence-corrected chi connectivity index (χ0v) is 21.8. The summed E-state index contributed by atoms with van der Waals surface area (Å²) in [6.07, 6.45) is 4.44. The first-order valence-electron chi connectivity index (χ1n) is 13.6. The van der Waals surface area contributed by atoms with Gasteiger partial charge >= 0.3 is 0 Å². The van der Waals surface area contributed by atoms with Crippen LogP contribution in [0.15, 0.2) is 48.5 Å². The number of carbonyl (C=O) groups excluding carboxylic acids is 1. The minimum absolute atomic E-state index is 0.0189. The van der Waals surface area contributed by atoms with Gasteiger partial charge in [-0.1, -0.05) is 38.1 Å². The van der Waals surface area contributed by atoms with Gasteiger partial charge in [0.15, 0.2) is 0 Å². The molecule has 36 heavy (non-hydrogen) atoms. The second-order valence-electron chi connectivity index (χ2n) is 10.5. The summed E-state index contributed by atoms with van der Waals surface area (Å²) in [6, 6.07) is 15.8. The van der Waals surface area contributed by atoms with Crippen LogP contribution in [0.2, 0.25) is 0 Å². The average molecular weight is 497 g/mol. The molecule has 1 amide bonds. The number of β-amino-alcohol motifs (C(OH)–C–C–N with tert-alkyl or cyclic N) is 1. The van der Waals surface area contributed by atoms with Gasteiger partial charge in [-0.25, -0.2) is 4.39 Å². The molecule has 2 fully saturated rings. The Morgan fingerprint density at radius 1 is 0.972 bits per heavy atom. The van der Waals surface area contributed by atoms with E-state index in [-0.39, 0.29) is 5.91 Å². The lowest BCUT2D eigenvalue weighted by atomic mass is 9.94. The number of carbonyl (C=O) groups is 1. The standard InChI is InChI=1S/C30H41FN2O3/c1-3-30(31,4-2)22-32-18-15-23(16-19-32)21-36-28-13-11-25(12-14-28)24-7-9-26(10-8-24)29(35)33-17-5-6-27(34)20-33/h7-14,23,27,34H,3-6,15-22H2,1-2H3/t27-/m1/s1. The van der Waals surface area contributed by atoms with Gasteiger partial charge < -0.3 is 19.6 Å². The van der Waals surface area contributed by atoms with Gasteiger partial charge in [0.1, 0.15) is 11.4 Å². The topological polar surface area (TPSA) is 53.0 Å². The SMILES string of the molecule is CCC(F)(CC)CN1CCC(COc2ccc(-c3ccc(C(=O)N4CCC[C@@H](O)C4)cc3)cc2)CC1. The third-order valence-corrected chi connectivity index (χ3v) is 7.97. The molecular formula is C30H41FN2O3. The van der Waals surface area contributed by atoms with Crippen molar-refractivity contribution in [1.82, 2.24) is 9.80 Å². The molecule has 2 aliphatic heterocycles. The van der Waals surface area contributed by atoms with E-state index < -0.39 is 11.8 Å². The Morgan fingerprint density at radius 2 is 1.58 bits per heavy atom. The molecule has 2 aromatic rings. The largest absolute Gasteiger partial charge is 0.493 e. The molecular weight excluding hydrogens is 455 g/mol. The Kier molecular flexibility index (Phi) is 9.02. The quantitative estimate of drug-likeness (QED) is 0.493. The monoisotopic (exact) mass is 496 g/mol. The van der Waals surface area contributed by atoms with Crippen LogP contribution in [-0.4, -0.2) is 71.9 Å². The number of amides is 1. The highest BCUT2D eigenvalue weighted by atomic mass is 19.1. The highest BCUT2D eigenvalue weighted by molar-refractivity contribution is 5.94. The molecule has 2 saturated heterocycles. The lowest BCUT2D eigenvalue weighted by Gasteiger charge is -2.36.